The van der Waals surface area contributed by atoms with Crippen LogP contribution in [0.25, 0.3) is 0 Å². The van der Waals surface area contributed by atoms with Crippen LogP contribution in [-0.4, -0.2) is 13.0 Å². The Morgan fingerprint density at radius 3 is 2.67 bits per heavy atom. The van der Waals surface area contributed by atoms with E-state index < -0.39 is 12.5 Å². The summed E-state index contributed by atoms with van der Waals surface area (Å²) in [5, 5.41) is 0. The van der Waals surface area contributed by atoms with Crippen molar-refractivity contribution in [1.82, 2.24) is 0 Å². The Kier molecular flexibility index (Phi) is 2.08. The molecule has 6 heteroatoms. The summed E-state index contributed by atoms with van der Waals surface area (Å²) in [6, 6.07) is 4.25. The number of nitrogens with zero attached hydrogens (tertiary/aromatic N) is 1. The minimum Gasteiger partial charge on any atom is -0.395 e. The summed E-state index contributed by atoms with van der Waals surface area (Å²) in [7, 11) is 0. The molecule has 1 heterocycles. The van der Waals surface area contributed by atoms with Gasteiger partial charge < -0.3 is 15.2 Å². The van der Waals surface area contributed by atoms with Crippen molar-refractivity contribution in [2.75, 3.05) is 0 Å². The standard InChI is InChI=1S/C9H8F2N2O2/c1-13-8(12)5-2-3-6-7(4-5)15-9(10,11)14-6/h2-4,8H,1,12H2. The third kappa shape index (κ3) is 1.75. The minimum absolute atomic E-state index is 0.0139. The zero-order valence-corrected chi connectivity index (χ0v) is 7.61. The van der Waals surface area contributed by atoms with Crippen molar-refractivity contribution in [3.05, 3.63) is 23.8 Å². The molecule has 0 amide bonds. The van der Waals surface area contributed by atoms with Gasteiger partial charge in [-0.15, -0.1) is 8.78 Å². The van der Waals surface area contributed by atoms with Gasteiger partial charge in [0.1, 0.15) is 6.17 Å². The molecule has 80 valence electrons. The maximum absolute atomic E-state index is 12.6. The van der Waals surface area contributed by atoms with Gasteiger partial charge in [0.05, 0.1) is 0 Å². The third-order valence-electron chi connectivity index (χ3n) is 1.96. The lowest BCUT2D eigenvalue weighted by Gasteiger charge is -2.06. The van der Waals surface area contributed by atoms with E-state index in [4.69, 9.17) is 5.73 Å². The van der Waals surface area contributed by atoms with Crippen LogP contribution in [0.2, 0.25) is 0 Å². The highest BCUT2D eigenvalue weighted by atomic mass is 19.3. The first-order chi connectivity index (χ1) is 7.02. The highest BCUT2D eigenvalue weighted by molar-refractivity contribution is 5.46. The van der Waals surface area contributed by atoms with Crippen molar-refractivity contribution in [2.45, 2.75) is 12.5 Å². The number of rotatable bonds is 2. The largest absolute Gasteiger partial charge is 0.586 e. The number of halogens is 2. The van der Waals surface area contributed by atoms with Crippen LogP contribution in [0.4, 0.5) is 8.78 Å². The molecule has 0 saturated heterocycles. The fourth-order valence-corrected chi connectivity index (χ4v) is 1.25. The van der Waals surface area contributed by atoms with Crippen molar-refractivity contribution < 1.29 is 18.3 Å². The molecule has 0 saturated carbocycles. The predicted molar refractivity (Wildman–Crippen MR) is 49.1 cm³/mol. The lowest BCUT2D eigenvalue weighted by atomic mass is 10.1. The van der Waals surface area contributed by atoms with Gasteiger partial charge in [0.25, 0.3) is 0 Å². The number of benzene rings is 1. The van der Waals surface area contributed by atoms with E-state index in [-0.39, 0.29) is 11.5 Å². The molecular formula is C9H8F2N2O2. The van der Waals surface area contributed by atoms with Crippen LogP contribution in [0.3, 0.4) is 0 Å². The smallest absolute Gasteiger partial charge is 0.395 e. The number of aliphatic imine (C=N–C) groups is 1. The molecule has 2 rings (SSSR count). The molecule has 1 atom stereocenters. The summed E-state index contributed by atoms with van der Waals surface area (Å²) >= 11 is 0. The second kappa shape index (κ2) is 3.16. The lowest BCUT2D eigenvalue weighted by molar-refractivity contribution is -0.286. The second-order valence-electron chi connectivity index (χ2n) is 3.00. The van der Waals surface area contributed by atoms with Gasteiger partial charge >= 0.3 is 6.29 Å². The Bertz CT molecular complexity index is 409. The highest BCUT2D eigenvalue weighted by Crippen LogP contribution is 2.41. The Labute approximate surface area is 84.3 Å². The molecule has 4 nitrogen and oxygen atoms in total. The van der Waals surface area contributed by atoms with Gasteiger partial charge in [0.2, 0.25) is 0 Å². The normalized spacial score (nSPS) is 18.6. The topological polar surface area (TPSA) is 56.8 Å². The Morgan fingerprint density at radius 1 is 1.33 bits per heavy atom. The van der Waals surface area contributed by atoms with E-state index >= 15 is 0 Å². The van der Waals surface area contributed by atoms with Crippen molar-refractivity contribution in [1.29, 1.82) is 0 Å². The van der Waals surface area contributed by atoms with E-state index in [1.807, 2.05) is 0 Å². The molecule has 2 N–H and O–H groups in total. The zero-order valence-electron chi connectivity index (χ0n) is 7.61. The molecule has 0 fully saturated rings. The fraction of sp³-hybridized carbons (Fsp3) is 0.222. The summed E-state index contributed by atoms with van der Waals surface area (Å²) in [6.07, 6.45) is -4.26. The Balaban J connectivity index is 2.34. The van der Waals surface area contributed by atoms with Crippen LogP contribution in [0, 0.1) is 0 Å². The maximum atomic E-state index is 12.6. The fourth-order valence-electron chi connectivity index (χ4n) is 1.25. The van der Waals surface area contributed by atoms with Gasteiger partial charge in [-0.25, -0.2) is 0 Å². The molecular weight excluding hydrogens is 206 g/mol. The minimum atomic E-state index is -3.60. The second-order valence-corrected chi connectivity index (χ2v) is 3.00. The zero-order chi connectivity index (χ0) is 11.1. The summed E-state index contributed by atoms with van der Waals surface area (Å²) in [4.78, 5) is 3.56. The van der Waals surface area contributed by atoms with Crippen LogP contribution >= 0.6 is 0 Å². The highest BCUT2D eigenvalue weighted by Gasteiger charge is 2.43. The number of ether oxygens (including phenoxy) is 2. The predicted octanol–water partition coefficient (Wildman–Crippen LogP) is 1.67. The van der Waals surface area contributed by atoms with E-state index in [0.717, 1.165) is 0 Å². The van der Waals surface area contributed by atoms with Gasteiger partial charge in [-0.2, -0.15) is 0 Å². The van der Waals surface area contributed by atoms with E-state index in [0.29, 0.717) is 5.56 Å². The van der Waals surface area contributed by atoms with Crippen LogP contribution in [0.1, 0.15) is 11.7 Å². The van der Waals surface area contributed by atoms with Crippen LogP contribution in [-0.2, 0) is 0 Å². The average Bonchev–Trinajstić information content (AvgIpc) is 2.49. The van der Waals surface area contributed by atoms with E-state index in [2.05, 4.69) is 21.2 Å². The first-order valence-electron chi connectivity index (χ1n) is 4.13. The molecule has 0 aromatic heterocycles. The number of alkyl halides is 2. The van der Waals surface area contributed by atoms with Crippen LogP contribution < -0.4 is 15.2 Å². The van der Waals surface area contributed by atoms with E-state index in [1.165, 1.54) is 18.2 Å². The van der Waals surface area contributed by atoms with Crippen LogP contribution in [0.15, 0.2) is 23.2 Å². The van der Waals surface area contributed by atoms with Crippen molar-refractivity contribution in [3.8, 4) is 11.5 Å². The average molecular weight is 214 g/mol. The van der Waals surface area contributed by atoms with Crippen LogP contribution in [0.5, 0.6) is 11.5 Å². The van der Waals surface area contributed by atoms with Gasteiger partial charge in [-0.3, -0.25) is 4.99 Å². The summed E-state index contributed by atoms with van der Waals surface area (Å²) in [5.74, 6) is -0.0587. The molecule has 1 aromatic carbocycles. The van der Waals surface area contributed by atoms with Gasteiger partial charge in [-0.1, -0.05) is 6.07 Å². The van der Waals surface area contributed by atoms with Crippen molar-refractivity contribution >= 4 is 6.72 Å². The molecule has 1 aliphatic rings. The Hall–Kier alpha value is -1.69. The molecule has 1 aromatic rings. The van der Waals surface area contributed by atoms with Crippen molar-refractivity contribution in [2.24, 2.45) is 10.7 Å². The van der Waals surface area contributed by atoms with E-state index in [1.54, 1.807) is 0 Å². The number of hydrogen-bond donors (Lipinski definition) is 1. The first-order valence-corrected chi connectivity index (χ1v) is 4.13. The molecule has 0 bridgehead atoms. The Morgan fingerprint density at radius 2 is 2.00 bits per heavy atom. The van der Waals surface area contributed by atoms with Gasteiger partial charge in [-0.05, 0) is 24.4 Å². The molecule has 0 radical (unpaired) electrons. The first kappa shape index (κ1) is 9.85. The third-order valence-corrected chi connectivity index (χ3v) is 1.96. The summed E-state index contributed by atoms with van der Waals surface area (Å²) in [6.45, 7) is 3.26. The van der Waals surface area contributed by atoms with Crippen molar-refractivity contribution in [3.63, 3.8) is 0 Å². The summed E-state index contributed by atoms with van der Waals surface area (Å²) < 4.78 is 33.8. The molecule has 1 aliphatic heterocycles. The van der Waals surface area contributed by atoms with E-state index in [9.17, 15) is 8.78 Å². The molecule has 0 aliphatic carbocycles. The van der Waals surface area contributed by atoms with Gasteiger partial charge in [0.15, 0.2) is 11.5 Å². The number of fused-ring (bicyclic) bond motifs is 1. The van der Waals surface area contributed by atoms with Gasteiger partial charge in [0, 0.05) is 0 Å². The quantitative estimate of drug-likeness (QED) is 0.762. The lowest BCUT2D eigenvalue weighted by Crippen LogP contribution is -2.25. The molecule has 0 spiro atoms. The maximum Gasteiger partial charge on any atom is 0.586 e. The monoisotopic (exact) mass is 214 g/mol. The SMILES string of the molecule is C=NC(N)c1ccc2c(c1)OC(F)(F)O2. The number of hydrogen-bond acceptors (Lipinski definition) is 4. The summed E-state index contributed by atoms with van der Waals surface area (Å²) in [5.41, 5.74) is 6.08. The molecule has 15 heavy (non-hydrogen) atoms. The molecule has 1 unspecified atom stereocenters. The number of nitrogens with two attached hydrogens (primary N) is 1.